The number of amides is 1. The lowest BCUT2D eigenvalue weighted by atomic mass is 9.90. The van der Waals surface area contributed by atoms with Gasteiger partial charge in [0.2, 0.25) is 0 Å². The van der Waals surface area contributed by atoms with E-state index in [-0.39, 0.29) is 17.9 Å². The van der Waals surface area contributed by atoms with Gasteiger partial charge in [-0.15, -0.1) is 0 Å². The number of carbonyl (C=O) groups is 2. The van der Waals surface area contributed by atoms with Crippen molar-refractivity contribution in [1.82, 2.24) is 9.88 Å². The Hall–Kier alpha value is -3.91. The van der Waals surface area contributed by atoms with Crippen LogP contribution in [-0.2, 0) is 22.6 Å². The molecular weight excluding hydrogens is 542 g/mol. The Balaban J connectivity index is 1.09. The highest BCUT2D eigenvalue weighted by Gasteiger charge is 2.62. The van der Waals surface area contributed by atoms with Gasteiger partial charge in [-0.3, -0.25) is 9.59 Å². The van der Waals surface area contributed by atoms with Gasteiger partial charge in [0, 0.05) is 50.0 Å². The highest BCUT2D eigenvalue weighted by Crippen LogP contribution is 2.58. The smallest absolute Gasteiger partial charge is 0.310 e. The van der Waals surface area contributed by atoms with Crippen molar-refractivity contribution in [3.63, 3.8) is 0 Å². The van der Waals surface area contributed by atoms with Gasteiger partial charge in [-0.1, -0.05) is 23.8 Å². The fourth-order valence-corrected chi connectivity index (χ4v) is 7.39. The molecule has 0 bridgehead atoms. The van der Waals surface area contributed by atoms with Crippen LogP contribution in [0.3, 0.4) is 0 Å². The van der Waals surface area contributed by atoms with Gasteiger partial charge in [-0.25, -0.2) is 4.98 Å². The summed E-state index contributed by atoms with van der Waals surface area (Å²) in [5.41, 5.74) is 6.55. The number of aromatic nitrogens is 1. The van der Waals surface area contributed by atoms with Crippen molar-refractivity contribution < 1.29 is 24.2 Å². The van der Waals surface area contributed by atoms with Crippen LogP contribution in [-0.4, -0.2) is 65.8 Å². The van der Waals surface area contributed by atoms with E-state index in [1.54, 1.807) is 0 Å². The molecule has 0 radical (unpaired) electrons. The number of carbonyl (C=O) groups excluding carboxylic acids is 1. The van der Waals surface area contributed by atoms with Gasteiger partial charge in [-0.2, -0.15) is 0 Å². The third kappa shape index (κ3) is 5.05. The number of rotatable bonds is 7. The highest BCUT2D eigenvalue weighted by molar-refractivity contribution is 5.97. The molecule has 3 aromatic rings. The number of anilines is 1. The second-order valence-corrected chi connectivity index (χ2v) is 12.7. The number of hydrogen-bond donors (Lipinski definition) is 1. The number of aryl methyl sites for hydroxylation is 1. The van der Waals surface area contributed by atoms with E-state index in [2.05, 4.69) is 35.8 Å². The van der Waals surface area contributed by atoms with Crippen LogP contribution in [0.5, 0.6) is 5.75 Å². The zero-order chi connectivity index (χ0) is 29.7. The van der Waals surface area contributed by atoms with Gasteiger partial charge in [0.25, 0.3) is 5.91 Å². The van der Waals surface area contributed by atoms with Crippen LogP contribution in [0.2, 0.25) is 0 Å². The number of hydrogen-bond acceptors (Lipinski definition) is 6. The van der Waals surface area contributed by atoms with E-state index in [1.807, 2.05) is 36.4 Å². The largest absolute Gasteiger partial charge is 0.488 e. The molecule has 2 saturated heterocycles. The maximum atomic E-state index is 13.4. The minimum atomic E-state index is -0.655. The summed E-state index contributed by atoms with van der Waals surface area (Å²) in [5, 5.41) is 9.66. The van der Waals surface area contributed by atoms with Crippen LogP contribution in [0.15, 0.2) is 48.5 Å². The Morgan fingerprint density at radius 1 is 1.09 bits per heavy atom. The summed E-state index contributed by atoms with van der Waals surface area (Å²) in [6.45, 7) is 8.20. The number of pyridine rings is 1. The first-order chi connectivity index (χ1) is 20.8. The molecule has 0 spiro atoms. The lowest BCUT2D eigenvalue weighted by molar-refractivity contribution is -0.144. The molecule has 8 heteroatoms. The Morgan fingerprint density at radius 2 is 1.93 bits per heavy atom. The van der Waals surface area contributed by atoms with Crippen LogP contribution >= 0.6 is 0 Å². The monoisotopic (exact) mass is 581 g/mol. The molecule has 7 rings (SSSR count). The molecule has 1 aromatic heterocycles. The maximum absolute atomic E-state index is 13.4. The van der Waals surface area contributed by atoms with Crippen LogP contribution in [0, 0.1) is 25.2 Å². The number of ether oxygens (including phenoxy) is 2. The maximum Gasteiger partial charge on any atom is 0.310 e. The van der Waals surface area contributed by atoms with Crippen LogP contribution in [0.4, 0.5) is 5.82 Å². The first kappa shape index (κ1) is 27.9. The summed E-state index contributed by atoms with van der Waals surface area (Å²) >= 11 is 0. The van der Waals surface area contributed by atoms with Crippen LogP contribution in [0.25, 0.3) is 11.3 Å². The molecule has 1 amide bonds. The van der Waals surface area contributed by atoms with Gasteiger partial charge in [0.15, 0.2) is 0 Å². The number of benzene rings is 2. The first-order valence-corrected chi connectivity index (χ1v) is 15.5. The quantitative estimate of drug-likeness (QED) is 0.398. The zero-order valence-corrected chi connectivity index (χ0v) is 25.0. The van der Waals surface area contributed by atoms with Crippen LogP contribution < -0.4 is 9.64 Å². The number of aliphatic carboxylic acids is 1. The molecule has 8 nitrogen and oxygen atoms in total. The topological polar surface area (TPSA) is 92.2 Å². The van der Waals surface area contributed by atoms with Crippen molar-refractivity contribution in [3.05, 3.63) is 76.3 Å². The van der Waals surface area contributed by atoms with Crippen molar-refractivity contribution in [3.8, 4) is 17.0 Å². The Kier molecular flexibility index (Phi) is 7.12. The Bertz CT molecular complexity index is 1580. The van der Waals surface area contributed by atoms with E-state index >= 15 is 0 Å². The summed E-state index contributed by atoms with van der Waals surface area (Å²) < 4.78 is 12.0. The van der Waals surface area contributed by atoms with Gasteiger partial charge < -0.3 is 24.4 Å². The lowest BCUT2D eigenvalue weighted by Crippen LogP contribution is -2.47. The predicted octanol–water partition coefficient (Wildman–Crippen LogP) is 5.42. The van der Waals surface area contributed by atoms with E-state index in [0.717, 1.165) is 103 Å². The van der Waals surface area contributed by atoms with Gasteiger partial charge in [0.1, 0.15) is 18.2 Å². The van der Waals surface area contributed by atoms with Crippen molar-refractivity contribution >= 4 is 17.7 Å². The summed E-state index contributed by atoms with van der Waals surface area (Å²) in [5.74, 6) is 1.32. The fraction of sp³-hybridized carbons (Fsp3) is 0.457. The predicted molar refractivity (Wildman–Crippen MR) is 164 cm³/mol. The fourth-order valence-electron chi connectivity index (χ4n) is 7.39. The third-order valence-corrected chi connectivity index (χ3v) is 10.2. The normalized spacial score (nSPS) is 23.5. The molecular formula is C35H39N3O5. The van der Waals surface area contributed by atoms with E-state index in [1.165, 1.54) is 0 Å². The average molecular weight is 582 g/mol. The van der Waals surface area contributed by atoms with E-state index < -0.39 is 11.4 Å². The summed E-state index contributed by atoms with van der Waals surface area (Å²) in [4.78, 5) is 34.5. The second-order valence-electron chi connectivity index (χ2n) is 12.7. The van der Waals surface area contributed by atoms with E-state index in [0.29, 0.717) is 19.6 Å². The molecule has 3 aliphatic heterocycles. The summed E-state index contributed by atoms with van der Waals surface area (Å²) in [6, 6.07) is 16.5. The molecule has 3 fully saturated rings. The third-order valence-electron chi connectivity index (χ3n) is 10.2. The molecule has 2 atom stereocenters. The molecule has 4 heterocycles. The van der Waals surface area contributed by atoms with Gasteiger partial charge in [-0.05, 0) is 98.9 Å². The molecule has 43 heavy (non-hydrogen) atoms. The Labute approximate surface area is 252 Å². The number of fused-ring (bicyclic) bond motifs is 2. The van der Waals surface area contributed by atoms with Crippen LogP contribution in [0.1, 0.15) is 58.3 Å². The molecule has 224 valence electrons. The zero-order valence-electron chi connectivity index (χ0n) is 25.0. The molecule has 1 saturated carbocycles. The van der Waals surface area contributed by atoms with Gasteiger partial charge in [0.05, 0.1) is 11.1 Å². The highest BCUT2D eigenvalue weighted by atomic mass is 16.5. The number of carboxylic acids is 1. The van der Waals surface area contributed by atoms with Crippen molar-refractivity contribution in [2.24, 2.45) is 11.3 Å². The van der Waals surface area contributed by atoms with Crippen molar-refractivity contribution in [1.29, 1.82) is 0 Å². The molecule has 2 unspecified atom stereocenters. The summed E-state index contributed by atoms with van der Waals surface area (Å²) in [6.07, 6.45) is 4.10. The molecule has 4 aliphatic rings. The first-order valence-electron chi connectivity index (χ1n) is 15.5. The minimum Gasteiger partial charge on any atom is -0.488 e. The molecule has 1 aliphatic carbocycles. The van der Waals surface area contributed by atoms with Gasteiger partial charge >= 0.3 is 5.97 Å². The minimum absolute atomic E-state index is 0.138. The van der Waals surface area contributed by atoms with E-state index in [4.69, 9.17) is 14.5 Å². The standard InChI is InChI=1S/C35H39N3O5/c1-22-6-9-31(29(18-22)30-4-3-5-32(36-30)37-15-13-35(34(40)41)19-25(35)20-37)43-21-24-7-8-28-27(23(24)2)10-14-38(33(28)39)26-11-16-42-17-12-26/h3-9,18,25-26H,10-17,19-21H2,1-2H3,(H,40,41). The number of piperidine rings is 1. The van der Waals surface area contributed by atoms with Crippen molar-refractivity contribution in [2.75, 3.05) is 37.7 Å². The van der Waals surface area contributed by atoms with E-state index in [9.17, 15) is 14.7 Å². The number of nitrogens with zero attached hydrogens (tertiary/aromatic N) is 3. The Morgan fingerprint density at radius 3 is 2.72 bits per heavy atom. The molecule has 2 aromatic carbocycles. The number of carboxylic acid groups (broad SMARTS) is 1. The second kappa shape index (κ2) is 11.0. The SMILES string of the molecule is Cc1ccc(OCc2ccc3c(c2C)CCN(C2CCOCC2)C3=O)c(-c2cccc(N3CCC4(C(=O)O)CC4C3)n2)c1. The lowest BCUT2D eigenvalue weighted by Gasteiger charge is -2.38. The average Bonchev–Trinajstić information content (AvgIpc) is 3.78. The molecule has 1 N–H and O–H groups in total. The summed E-state index contributed by atoms with van der Waals surface area (Å²) in [7, 11) is 0. The van der Waals surface area contributed by atoms with Crippen molar-refractivity contribution in [2.45, 2.75) is 58.6 Å².